The van der Waals surface area contributed by atoms with Gasteiger partial charge in [0, 0.05) is 0 Å². The summed E-state index contributed by atoms with van der Waals surface area (Å²) in [4.78, 5) is 0. The van der Waals surface area contributed by atoms with Crippen LogP contribution in [0.5, 0.6) is 0 Å². The van der Waals surface area contributed by atoms with Crippen LogP contribution < -0.4 is 48.0 Å². The molecule has 0 heterocycles. The first-order valence-corrected chi connectivity index (χ1v) is 25.0. The van der Waals surface area contributed by atoms with Crippen molar-refractivity contribution in [1.29, 1.82) is 0 Å². The predicted molar refractivity (Wildman–Crippen MR) is 207 cm³/mol. The van der Waals surface area contributed by atoms with Crippen molar-refractivity contribution in [3.8, 4) is 0 Å². The molecule has 0 atom stereocenters. The van der Waals surface area contributed by atoms with Crippen LogP contribution in [0, 0.1) is 0 Å². The van der Waals surface area contributed by atoms with Gasteiger partial charge in [-0.2, -0.15) is 0 Å². The minimum absolute atomic E-state index is 0. The number of rotatable bonds is 7. The molecule has 48 heavy (non-hydrogen) atoms. The van der Waals surface area contributed by atoms with Gasteiger partial charge >= 0.3 is 58.4 Å². The fourth-order valence-electron chi connectivity index (χ4n) is 10.6. The second-order valence-corrected chi connectivity index (χ2v) is 22.8. The summed E-state index contributed by atoms with van der Waals surface area (Å²) in [7, 11) is 0.770. The predicted octanol–water partition coefficient (Wildman–Crippen LogP) is 8.32. The van der Waals surface area contributed by atoms with Crippen LogP contribution in [0.1, 0.15) is 198 Å². The van der Waals surface area contributed by atoms with Crippen LogP contribution in [0.15, 0.2) is 30.3 Å². The van der Waals surface area contributed by atoms with Crippen molar-refractivity contribution in [2.75, 3.05) is 0 Å². The number of benzene rings is 1. The summed E-state index contributed by atoms with van der Waals surface area (Å²) in [5.74, 6) is 0. The van der Waals surface area contributed by atoms with E-state index in [1.54, 1.807) is 154 Å². The van der Waals surface area contributed by atoms with Crippen LogP contribution in [0.3, 0.4) is 0 Å². The average Bonchev–Trinajstić information content (AvgIpc) is 3.15. The van der Waals surface area contributed by atoms with Crippen molar-refractivity contribution in [3.63, 3.8) is 0 Å². The molecule has 7 rings (SSSR count). The summed E-state index contributed by atoms with van der Waals surface area (Å²) in [6, 6.07) is 10.2. The van der Waals surface area contributed by atoms with Crippen LogP contribution in [0.25, 0.3) is 0 Å². The summed E-state index contributed by atoms with van der Waals surface area (Å²) >= 11 is 2.48. The fourth-order valence-corrected chi connectivity index (χ4v) is 20.3. The Kier molecular flexibility index (Phi) is 24.8. The van der Waals surface area contributed by atoms with Crippen molar-refractivity contribution in [2.45, 2.75) is 227 Å². The van der Waals surface area contributed by atoms with Crippen molar-refractivity contribution in [1.82, 2.24) is 0 Å². The van der Waals surface area contributed by atoms with Gasteiger partial charge in [-0.05, 0) is 111 Å². The average molecular weight is 1010 g/mol. The first-order chi connectivity index (χ1) is 22.8. The third kappa shape index (κ3) is 15.0. The van der Waals surface area contributed by atoms with Crippen molar-refractivity contribution in [3.05, 3.63) is 35.9 Å². The van der Waals surface area contributed by atoms with Gasteiger partial charge in [0.05, 0.1) is 0 Å². The topological polar surface area (TPSA) is 0 Å². The van der Waals surface area contributed by atoms with Gasteiger partial charge < -0.3 is 48.0 Å². The second kappa shape index (κ2) is 26.7. The SMILES string of the molecule is C1CCC(P(C2CCCCC2)C2CCCCC2)CC1.C1CCC(P(C2CCCCC2)C2CCCCC2)CC1.[I-].[I-].[Ru+2]=[CH]c1ccccc1. The van der Waals surface area contributed by atoms with Gasteiger partial charge in [0.15, 0.2) is 0 Å². The molecular formula is C43H72I2P2Ru. The number of hydrogen-bond acceptors (Lipinski definition) is 0. The van der Waals surface area contributed by atoms with Crippen LogP contribution in [-0.2, 0) is 17.9 Å². The molecule has 276 valence electrons. The monoisotopic (exact) mass is 1010 g/mol. The van der Waals surface area contributed by atoms with E-state index in [0.717, 1.165) is 0 Å². The van der Waals surface area contributed by atoms with Crippen LogP contribution in [0.4, 0.5) is 0 Å². The van der Waals surface area contributed by atoms with Crippen molar-refractivity contribution >= 4 is 20.5 Å². The summed E-state index contributed by atoms with van der Waals surface area (Å²) in [6.45, 7) is 0. The Morgan fingerprint density at radius 2 is 0.562 bits per heavy atom. The second-order valence-electron chi connectivity index (χ2n) is 16.2. The molecule has 0 saturated heterocycles. The molecule has 1 aromatic rings. The molecule has 0 radical (unpaired) electrons. The maximum absolute atomic E-state index is 2.48. The zero-order valence-electron chi connectivity index (χ0n) is 30.6. The third-order valence-electron chi connectivity index (χ3n) is 12.9. The molecule has 6 aliphatic carbocycles. The molecule has 0 spiro atoms. The quantitative estimate of drug-likeness (QED) is 0.147. The van der Waals surface area contributed by atoms with E-state index in [1.165, 1.54) is 78.0 Å². The van der Waals surface area contributed by atoms with Gasteiger partial charge in [-0.25, -0.2) is 0 Å². The molecule has 0 bridgehead atoms. The number of hydrogen-bond donors (Lipinski definition) is 0. The van der Waals surface area contributed by atoms with E-state index >= 15 is 0 Å². The molecule has 0 aliphatic heterocycles. The molecule has 0 N–H and O–H groups in total. The first kappa shape index (κ1) is 44.4. The van der Waals surface area contributed by atoms with Gasteiger partial charge in [0.1, 0.15) is 0 Å². The summed E-state index contributed by atoms with van der Waals surface area (Å²) in [5.41, 5.74) is 8.39. The molecular weight excluding hydrogens is 933 g/mol. The molecule has 0 aromatic heterocycles. The van der Waals surface area contributed by atoms with E-state index in [9.17, 15) is 0 Å². The van der Waals surface area contributed by atoms with E-state index in [1.807, 2.05) is 22.8 Å². The Bertz CT molecular complexity index is 770. The summed E-state index contributed by atoms with van der Waals surface area (Å²) < 4.78 is 2.01. The van der Waals surface area contributed by atoms with E-state index in [0.29, 0.717) is 15.8 Å². The van der Waals surface area contributed by atoms with E-state index in [2.05, 4.69) is 30.0 Å². The minimum atomic E-state index is 0. The van der Waals surface area contributed by atoms with Gasteiger partial charge in [-0.15, -0.1) is 0 Å². The molecule has 1 aromatic carbocycles. The van der Waals surface area contributed by atoms with Crippen LogP contribution >= 0.6 is 15.8 Å². The summed E-state index contributed by atoms with van der Waals surface area (Å²) in [6.07, 6.45) is 47.2. The fraction of sp³-hybridized carbons (Fsp3) is 0.837. The molecule has 5 heteroatoms. The van der Waals surface area contributed by atoms with Crippen molar-refractivity contribution < 1.29 is 65.8 Å². The van der Waals surface area contributed by atoms with E-state index in [4.69, 9.17) is 0 Å². The van der Waals surface area contributed by atoms with Gasteiger partial charge in [0.2, 0.25) is 0 Å². The summed E-state index contributed by atoms with van der Waals surface area (Å²) in [5, 5.41) is 0. The third-order valence-corrected chi connectivity index (χ3v) is 21.6. The standard InChI is InChI=1S/2C18H33P.C7H6.2HI.Ru/c2*1-4-10-16(11-5-1)19(17-12-6-2-7-13-17)18-14-8-3-9-15-18;1-7-5-3-2-4-6-7;;;/h2*16-18H,1-15H2;1-6H;2*1H;/q;;;;;+2/p-2. The van der Waals surface area contributed by atoms with Gasteiger partial charge in [-0.1, -0.05) is 131 Å². The van der Waals surface area contributed by atoms with Gasteiger partial charge in [0.25, 0.3) is 0 Å². The Balaban J connectivity index is 0.000000206. The van der Waals surface area contributed by atoms with Crippen LogP contribution in [0.2, 0.25) is 0 Å². The molecule has 0 unspecified atom stereocenters. The Morgan fingerprint density at radius 3 is 0.729 bits per heavy atom. The molecule has 0 nitrogen and oxygen atoms in total. The Labute approximate surface area is 345 Å². The van der Waals surface area contributed by atoms with E-state index < -0.39 is 0 Å². The first-order valence-electron chi connectivity index (χ1n) is 20.9. The molecule has 6 saturated carbocycles. The zero-order valence-corrected chi connectivity index (χ0v) is 38.5. The maximum atomic E-state index is 2.48. The van der Waals surface area contributed by atoms with Crippen LogP contribution in [-0.4, -0.2) is 38.6 Å². The number of halogens is 2. The molecule has 6 fully saturated rings. The van der Waals surface area contributed by atoms with E-state index in [-0.39, 0.29) is 48.0 Å². The Morgan fingerprint density at radius 1 is 0.354 bits per heavy atom. The Hall–Kier alpha value is 2.03. The van der Waals surface area contributed by atoms with Crippen molar-refractivity contribution in [2.24, 2.45) is 0 Å². The zero-order chi connectivity index (χ0) is 31.7. The molecule has 0 amide bonds. The molecule has 6 aliphatic rings. The van der Waals surface area contributed by atoms with Gasteiger partial charge in [-0.3, -0.25) is 0 Å². The normalized spacial score (nSPS) is 24.3.